The maximum atomic E-state index is 13.6. The van der Waals surface area contributed by atoms with Crippen molar-refractivity contribution in [1.29, 1.82) is 0 Å². The molecule has 2 aromatic heterocycles. The average molecular weight is 303 g/mol. The molecule has 0 radical (unpaired) electrons. The van der Waals surface area contributed by atoms with Crippen LogP contribution in [-0.2, 0) is 10.0 Å². The molecule has 0 saturated carbocycles. The van der Waals surface area contributed by atoms with Gasteiger partial charge in [0.1, 0.15) is 0 Å². The first kappa shape index (κ1) is 13.4. The third-order valence-corrected chi connectivity index (χ3v) is 4.15. The van der Waals surface area contributed by atoms with Gasteiger partial charge in [0.15, 0.2) is 5.82 Å². The van der Waals surface area contributed by atoms with Gasteiger partial charge < -0.3 is 0 Å². The zero-order valence-electron chi connectivity index (χ0n) is 10.7. The van der Waals surface area contributed by atoms with E-state index in [-0.39, 0.29) is 5.69 Å². The molecule has 0 amide bonds. The van der Waals surface area contributed by atoms with Crippen LogP contribution in [0, 0.1) is 5.82 Å². The van der Waals surface area contributed by atoms with Gasteiger partial charge in [-0.25, -0.2) is 9.37 Å². The van der Waals surface area contributed by atoms with Crippen LogP contribution in [0.1, 0.15) is 0 Å². The van der Waals surface area contributed by atoms with Crippen LogP contribution in [0.4, 0.5) is 10.1 Å². The van der Waals surface area contributed by atoms with E-state index in [2.05, 4.69) is 14.7 Å². The van der Waals surface area contributed by atoms with Gasteiger partial charge in [-0.3, -0.25) is 9.71 Å². The van der Waals surface area contributed by atoms with Gasteiger partial charge >= 0.3 is 0 Å². The Kier molecular flexibility index (Phi) is 3.26. The number of rotatable bonds is 3. The fourth-order valence-electron chi connectivity index (χ4n) is 1.95. The van der Waals surface area contributed by atoms with Gasteiger partial charge in [0.2, 0.25) is 5.03 Å². The second-order valence-corrected chi connectivity index (χ2v) is 5.87. The monoisotopic (exact) mass is 303 g/mol. The minimum absolute atomic E-state index is 0.276. The highest BCUT2D eigenvalue weighted by Gasteiger charge is 2.21. The smallest absolute Gasteiger partial charge is 0.276 e. The summed E-state index contributed by atoms with van der Waals surface area (Å²) in [6, 6.07) is 11.0. The zero-order valence-corrected chi connectivity index (χ0v) is 11.5. The second-order valence-electron chi connectivity index (χ2n) is 4.28. The Bertz CT molecular complexity index is 907. The van der Waals surface area contributed by atoms with Crippen molar-refractivity contribution in [2.45, 2.75) is 5.03 Å². The number of aromatic nitrogens is 2. The van der Waals surface area contributed by atoms with Crippen LogP contribution in [-0.4, -0.2) is 18.4 Å². The van der Waals surface area contributed by atoms with Gasteiger partial charge in [0.05, 0.1) is 11.2 Å². The molecule has 0 aliphatic carbocycles. The van der Waals surface area contributed by atoms with E-state index in [1.807, 2.05) is 12.1 Å². The fourth-order valence-corrected chi connectivity index (χ4v) is 3.02. The Morgan fingerprint density at radius 2 is 1.67 bits per heavy atom. The molecule has 0 spiro atoms. The number of nitrogens with one attached hydrogen (secondary N) is 1. The predicted molar refractivity (Wildman–Crippen MR) is 76.7 cm³/mol. The highest BCUT2D eigenvalue weighted by Crippen LogP contribution is 2.23. The fraction of sp³-hybridized carbons (Fsp3) is 0. The lowest BCUT2D eigenvalue weighted by Crippen LogP contribution is -2.16. The first-order valence-electron chi connectivity index (χ1n) is 6.05. The van der Waals surface area contributed by atoms with Gasteiger partial charge in [0, 0.05) is 17.8 Å². The standard InChI is InChI=1S/C14H10FN3O2S/c15-11-6-3-9-17-14(11)21(19,20)18-12-7-1-4-10-5-2-8-16-13(10)12/h1-9,18H. The van der Waals surface area contributed by atoms with Gasteiger partial charge in [-0.15, -0.1) is 0 Å². The first-order valence-corrected chi connectivity index (χ1v) is 7.53. The molecule has 3 rings (SSSR count). The van der Waals surface area contributed by atoms with E-state index >= 15 is 0 Å². The topological polar surface area (TPSA) is 72.0 Å². The van der Waals surface area contributed by atoms with Gasteiger partial charge in [0.25, 0.3) is 10.0 Å². The molecular weight excluding hydrogens is 293 g/mol. The summed E-state index contributed by atoms with van der Waals surface area (Å²) in [5, 5.41) is 0.136. The number of fused-ring (bicyclic) bond motifs is 1. The number of pyridine rings is 2. The highest BCUT2D eigenvalue weighted by atomic mass is 32.2. The van der Waals surface area contributed by atoms with Crippen LogP contribution in [0.5, 0.6) is 0 Å². The van der Waals surface area contributed by atoms with Crippen LogP contribution in [0.2, 0.25) is 0 Å². The largest absolute Gasteiger partial charge is 0.282 e. The molecule has 2 heterocycles. The van der Waals surface area contributed by atoms with Crippen molar-refractivity contribution < 1.29 is 12.8 Å². The van der Waals surface area contributed by atoms with E-state index in [1.54, 1.807) is 24.4 Å². The first-order chi connectivity index (χ1) is 10.1. The molecule has 0 atom stereocenters. The van der Waals surface area contributed by atoms with Gasteiger partial charge in [-0.05, 0) is 24.3 Å². The summed E-state index contributed by atoms with van der Waals surface area (Å²) >= 11 is 0. The Morgan fingerprint density at radius 1 is 0.952 bits per heavy atom. The van der Waals surface area contributed by atoms with Crippen LogP contribution >= 0.6 is 0 Å². The zero-order chi connectivity index (χ0) is 14.9. The molecular formula is C14H10FN3O2S. The van der Waals surface area contributed by atoms with Gasteiger partial charge in [-0.1, -0.05) is 18.2 Å². The van der Waals surface area contributed by atoms with E-state index in [9.17, 15) is 12.8 Å². The predicted octanol–water partition coefficient (Wildman–Crippen LogP) is 2.57. The highest BCUT2D eigenvalue weighted by molar-refractivity contribution is 7.92. The average Bonchev–Trinajstić information content (AvgIpc) is 2.47. The molecule has 7 heteroatoms. The lowest BCUT2D eigenvalue weighted by atomic mass is 10.2. The summed E-state index contributed by atoms with van der Waals surface area (Å²) in [5.74, 6) is -0.904. The summed E-state index contributed by atoms with van der Waals surface area (Å²) < 4.78 is 40.4. The van der Waals surface area contributed by atoms with E-state index in [0.717, 1.165) is 11.5 Å². The molecule has 0 saturated heterocycles. The molecule has 0 aliphatic rings. The van der Waals surface area contributed by atoms with E-state index < -0.39 is 20.9 Å². The summed E-state index contributed by atoms with van der Waals surface area (Å²) in [6.45, 7) is 0. The van der Waals surface area contributed by atoms with Gasteiger partial charge in [-0.2, -0.15) is 8.42 Å². The maximum absolute atomic E-state index is 13.6. The number of nitrogens with zero attached hydrogens (tertiary/aromatic N) is 2. The number of anilines is 1. The quantitative estimate of drug-likeness (QED) is 0.807. The second kappa shape index (κ2) is 5.10. The minimum Gasteiger partial charge on any atom is -0.276 e. The SMILES string of the molecule is O=S(=O)(Nc1cccc2cccnc12)c1ncccc1F. The van der Waals surface area contributed by atoms with Crippen LogP contribution in [0.25, 0.3) is 10.9 Å². The lowest BCUT2D eigenvalue weighted by Gasteiger charge is -2.09. The molecule has 0 fully saturated rings. The third kappa shape index (κ3) is 2.55. The molecule has 0 bridgehead atoms. The molecule has 0 unspecified atom stereocenters. The number of halogens is 1. The maximum Gasteiger partial charge on any atom is 0.282 e. The van der Waals surface area contributed by atoms with Crippen molar-refractivity contribution in [1.82, 2.24) is 9.97 Å². The van der Waals surface area contributed by atoms with Crippen molar-refractivity contribution in [2.75, 3.05) is 4.72 Å². The van der Waals surface area contributed by atoms with Crippen LogP contribution in [0.15, 0.2) is 59.9 Å². The minimum atomic E-state index is -4.11. The van der Waals surface area contributed by atoms with Crippen molar-refractivity contribution in [3.05, 3.63) is 60.7 Å². The molecule has 1 aromatic carbocycles. The Hall–Kier alpha value is -2.54. The Morgan fingerprint density at radius 3 is 2.48 bits per heavy atom. The van der Waals surface area contributed by atoms with E-state index in [1.165, 1.54) is 12.3 Å². The third-order valence-electron chi connectivity index (χ3n) is 2.86. The Balaban J connectivity index is 2.08. The van der Waals surface area contributed by atoms with Crippen molar-refractivity contribution in [3.63, 3.8) is 0 Å². The normalized spacial score (nSPS) is 11.5. The van der Waals surface area contributed by atoms with E-state index in [4.69, 9.17) is 0 Å². The number of para-hydroxylation sites is 1. The van der Waals surface area contributed by atoms with Crippen LogP contribution in [0.3, 0.4) is 0 Å². The Labute approximate surface area is 120 Å². The summed E-state index contributed by atoms with van der Waals surface area (Å²) in [4.78, 5) is 7.72. The molecule has 106 valence electrons. The lowest BCUT2D eigenvalue weighted by molar-refractivity contribution is 0.557. The van der Waals surface area contributed by atoms with E-state index in [0.29, 0.717) is 5.52 Å². The molecule has 21 heavy (non-hydrogen) atoms. The molecule has 0 aliphatic heterocycles. The molecule has 1 N–H and O–H groups in total. The van der Waals surface area contributed by atoms with Crippen molar-refractivity contribution in [3.8, 4) is 0 Å². The number of hydrogen-bond donors (Lipinski definition) is 1. The number of benzene rings is 1. The summed E-state index contributed by atoms with van der Waals surface area (Å²) in [7, 11) is -4.11. The summed E-state index contributed by atoms with van der Waals surface area (Å²) in [5.41, 5.74) is 0.762. The van der Waals surface area contributed by atoms with Crippen molar-refractivity contribution >= 4 is 26.6 Å². The molecule has 3 aromatic rings. The number of hydrogen-bond acceptors (Lipinski definition) is 4. The summed E-state index contributed by atoms with van der Waals surface area (Å²) in [6.07, 6.45) is 2.78. The van der Waals surface area contributed by atoms with Crippen molar-refractivity contribution in [2.24, 2.45) is 0 Å². The van der Waals surface area contributed by atoms with Crippen LogP contribution < -0.4 is 4.72 Å². The number of sulfonamides is 1. The molecule has 5 nitrogen and oxygen atoms in total.